The van der Waals surface area contributed by atoms with Crippen molar-refractivity contribution in [1.82, 2.24) is 10.3 Å². The highest BCUT2D eigenvalue weighted by atomic mass is 32.2. The molecule has 1 aromatic carbocycles. The van der Waals surface area contributed by atoms with Crippen molar-refractivity contribution >= 4 is 11.8 Å². The van der Waals surface area contributed by atoms with Crippen LogP contribution >= 0.6 is 11.8 Å². The summed E-state index contributed by atoms with van der Waals surface area (Å²) in [5.74, 6) is 0.924. The smallest absolute Gasteiger partial charge is 0.133 e. The van der Waals surface area contributed by atoms with Gasteiger partial charge in [0.05, 0.1) is 11.4 Å². The number of pyridine rings is 1. The molecule has 110 valence electrons. The minimum absolute atomic E-state index is 0.509. The third-order valence-corrected chi connectivity index (χ3v) is 4.24. The van der Waals surface area contributed by atoms with Crippen molar-refractivity contribution in [3.05, 3.63) is 53.9 Å². The second-order valence-electron chi connectivity index (χ2n) is 5.21. The summed E-state index contributed by atoms with van der Waals surface area (Å²) in [5, 5.41) is 3.49. The molecule has 3 rings (SSSR count). The molecule has 1 heterocycles. The van der Waals surface area contributed by atoms with Crippen LogP contribution in [-0.4, -0.2) is 17.3 Å². The van der Waals surface area contributed by atoms with Crippen molar-refractivity contribution in [3.63, 3.8) is 0 Å². The molecule has 3 nitrogen and oxygen atoms in total. The normalized spacial score (nSPS) is 14.1. The second kappa shape index (κ2) is 6.96. The maximum absolute atomic E-state index is 5.90. The fourth-order valence-electron chi connectivity index (χ4n) is 2.13. The molecule has 1 aromatic heterocycles. The molecule has 0 bridgehead atoms. The number of rotatable bonds is 7. The van der Waals surface area contributed by atoms with E-state index in [1.54, 1.807) is 11.8 Å². The summed E-state index contributed by atoms with van der Waals surface area (Å²) in [6, 6.07) is 14.9. The summed E-state index contributed by atoms with van der Waals surface area (Å²) in [6.07, 6.45) is 4.66. The molecule has 1 aliphatic rings. The quantitative estimate of drug-likeness (QED) is 0.792. The molecule has 0 amide bonds. The van der Waals surface area contributed by atoms with Crippen molar-refractivity contribution in [2.45, 2.75) is 36.9 Å². The first-order chi connectivity index (χ1) is 10.3. The molecule has 0 radical (unpaired) electrons. The van der Waals surface area contributed by atoms with Crippen LogP contribution < -0.4 is 10.1 Å². The topological polar surface area (TPSA) is 34.1 Å². The minimum atomic E-state index is 0.509. The Kier molecular flexibility index (Phi) is 4.78. The highest BCUT2D eigenvalue weighted by molar-refractivity contribution is 7.98. The van der Waals surface area contributed by atoms with E-state index in [0.29, 0.717) is 12.6 Å². The molecule has 0 saturated heterocycles. The van der Waals surface area contributed by atoms with Crippen LogP contribution in [-0.2, 0) is 13.2 Å². The summed E-state index contributed by atoms with van der Waals surface area (Å²) in [5.41, 5.74) is 2.06. The summed E-state index contributed by atoms with van der Waals surface area (Å²) in [6.45, 7) is 1.36. The predicted octanol–water partition coefficient (Wildman–Crippen LogP) is 3.63. The van der Waals surface area contributed by atoms with Crippen LogP contribution in [0.3, 0.4) is 0 Å². The molecule has 1 N–H and O–H groups in total. The number of nitrogens with one attached hydrogen (secondary N) is 1. The summed E-state index contributed by atoms with van der Waals surface area (Å²) in [4.78, 5) is 5.81. The molecule has 1 fully saturated rings. The maximum atomic E-state index is 5.90. The van der Waals surface area contributed by atoms with Crippen LogP contribution in [0.5, 0.6) is 5.75 Å². The number of thioether (sulfide) groups is 1. The summed E-state index contributed by atoms with van der Waals surface area (Å²) >= 11 is 1.70. The van der Waals surface area contributed by atoms with E-state index in [1.165, 1.54) is 12.8 Å². The van der Waals surface area contributed by atoms with E-state index in [-0.39, 0.29) is 0 Å². The standard InChI is InChI=1S/C17H20N2OS/c1-21-17-8-3-2-7-16(17)20-12-15-6-4-5-14(19-15)11-18-13-9-10-13/h2-8,13,18H,9-12H2,1H3. The van der Waals surface area contributed by atoms with E-state index in [1.807, 2.05) is 24.3 Å². The van der Waals surface area contributed by atoms with E-state index >= 15 is 0 Å². The molecule has 0 aliphatic heterocycles. The van der Waals surface area contributed by atoms with Gasteiger partial charge >= 0.3 is 0 Å². The lowest BCUT2D eigenvalue weighted by atomic mass is 10.3. The molecular formula is C17H20N2OS. The first-order valence-electron chi connectivity index (χ1n) is 7.29. The molecule has 4 heteroatoms. The van der Waals surface area contributed by atoms with Crippen molar-refractivity contribution in [2.75, 3.05) is 6.26 Å². The van der Waals surface area contributed by atoms with Gasteiger partial charge in [-0.1, -0.05) is 18.2 Å². The fourth-order valence-corrected chi connectivity index (χ4v) is 2.68. The molecule has 1 saturated carbocycles. The number of hydrogen-bond acceptors (Lipinski definition) is 4. The van der Waals surface area contributed by atoms with Crippen LogP contribution in [0.25, 0.3) is 0 Å². The third-order valence-electron chi connectivity index (χ3n) is 3.46. The number of aromatic nitrogens is 1. The van der Waals surface area contributed by atoms with Gasteiger partial charge < -0.3 is 10.1 Å². The fraction of sp³-hybridized carbons (Fsp3) is 0.353. The Balaban J connectivity index is 1.60. The Labute approximate surface area is 130 Å². The van der Waals surface area contributed by atoms with E-state index in [0.717, 1.165) is 28.6 Å². The van der Waals surface area contributed by atoms with Crippen molar-refractivity contribution in [3.8, 4) is 5.75 Å². The molecular weight excluding hydrogens is 280 g/mol. The average molecular weight is 300 g/mol. The first-order valence-corrected chi connectivity index (χ1v) is 8.51. The van der Waals surface area contributed by atoms with Gasteiger partial charge in [0.25, 0.3) is 0 Å². The van der Waals surface area contributed by atoms with Crippen LogP contribution in [0.4, 0.5) is 0 Å². The second-order valence-corrected chi connectivity index (χ2v) is 6.06. The zero-order valence-electron chi connectivity index (χ0n) is 12.2. The van der Waals surface area contributed by atoms with E-state index in [4.69, 9.17) is 4.74 Å². The minimum Gasteiger partial charge on any atom is -0.486 e. The van der Waals surface area contributed by atoms with Gasteiger partial charge in [-0.15, -0.1) is 11.8 Å². The number of nitrogens with zero attached hydrogens (tertiary/aromatic N) is 1. The zero-order valence-corrected chi connectivity index (χ0v) is 13.0. The third kappa shape index (κ3) is 4.22. The predicted molar refractivity (Wildman–Crippen MR) is 86.7 cm³/mol. The van der Waals surface area contributed by atoms with Gasteiger partial charge in [0.15, 0.2) is 0 Å². The lowest BCUT2D eigenvalue weighted by Crippen LogP contribution is -2.16. The number of para-hydroxylation sites is 1. The van der Waals surface area contributed by atoms with E-state index < -0.39 is 0 Å². The van der Waals surface area contributed by atoms with Crippen LogP contribution in [0.15, 0.2) is 47.4 Å². The van der Waals surface area contributed by atoms with Crippen LogP contribution in [0.1, 0.15) is 24.2 Å². The lowest BCUT2D eigenvalue weighted by Gasteiger charge is -2.10. The Hall–Kier alpha value is -1.52. The summed E-state index contributed by atoms with van der Waals surface area (Å²) < 4.78 is 5.90. The van der Waals surface area contributed by atoms with Gasteiger partial charge in [0.2, 0.25) is 0 Å². The Bertz CT molecular complexity index is 599. The van der Waals surface area contributed by atoms with Crippen molar-refractivity contribution < 1.29 is 4.74 Å². The zero-order chi connectivity index (χ0) is 14.5. The highest BCUT2D eigenvalue weighted by Gasteiger charge is 2.20. The van der Waals surface area contributed by atoms with Crippen LogP contribution in [0, 0.1) is 0 Å². The molecule has 0 spiro atoms. The lowest BCUT2D eigenvalue weighted by molar-refractivity contribution is 0.294. The van der Waals surface area contributed by atoms with Gasteiger partial charge in [-0.05, 0) is 43.4 Å². The first kappa shape index (κ1) is 14.4. The van der Waals surface area contributed by atoms with Crippen molar-refractivity contribution in [1.29, 1.82) is 0 Å². The van der Waals surface area contributed by atoms with Gasteiger partial charge in [-0.25, -0.2) is 0 Å². The molecule has 0 unspecified atom stereocenters. The van der Waals surface area contributed by atoms with E-state index in [2.05, 4.69) is 34.8 Å². The number of ether oxygens (including phenoxy) is 1. The molecule has 0 atom stereocenters. The Morgan fingerprint density at radius 3 is 2.76 bits per heavy atom. The highest BCUT2D eigenvalue weighted by Crippen LogP contribution is 2.27. The number of benzene rings is 1. The van der Waals surface area contributed by atoms with Crippen molar-refractivity contribution in [2.24, 2.45) is 0 Å². The monoisotopic (exact) mass is 300 g/mol. The molecule has 1 aliphatic carbocycles. The Morgan fingerprint density at radius 1 is 1.14 bits per heavy atom. The molecule has 21 heavy (non-hydrogen) atoms. The van der Waals surface area contributed by atoms with Crippen LogP contribution in [0.2, 0.25) is 0 Å². The average Bonchev–Trinajstić information content (AvgIpc) is 3.36. The Morgan fingerprint density at radius 2 is 1.95 bits per heavy atom. The van der Waals surface area contributed by atoms with Gasteiger partial charge in [0.1, 0.15) is 12.4 Å². The number of hydrogen-bond donors (Lipinski definition) is 1. The SMILES string of the molecule is CSc1ccccc1OCc1cccc(CNC2CC2)n1. The van der Waals surface area contributed by atoms with Gasteiger partial charge in [-0.2, -0.15) is 0 Å². The largest absolute Gasteiger partial charge is 0.486 e. The van der Waals surface area contributed by atoms with Gasteiger partial charge in [-0.3, -0.25) is 4.98 Å². The van der Waals surface area contributed by atoms with E-state index in [9.17, 15) is 0 Å². The summed E-state index contributed by atoms with van der Waals surface area (Å²) in [7, 11) is 0. The maximum Gasteiger partial charge on any atom is 0.133 e. The molecule has 2 aromatic rings. The van der Waals surface area contributed by atoms with Gasteiger partial charge in [0, 0.05) is 17.5 Å².